The molecule has 0 saturated carbocycles. The Morgan fingerprint density at radius 2 is 1.03 bits per heavy atom. The van der Waals surface area contributed by atoms with Gasteiger partial charge in [0.05, 0.1) is 0 Å². The van der Waals surface area contributed by atoms with Gasteiger partial charge in [0.25, 0.3) is 0 Å². The van der Waals surface area contributed by atoms with Crippen LogP contribution in [0.3, 0.4) is 0 Å². The topological polar surface area (TPSA) is 39.7 Å². The molecule has 0 amide bonds. The van der Waals surface area contributed by atoms with Gasteiger partial charge >= 0.3 is 0 Å². The summed E-state index contributed by atoms with van der Waals surface area (Å²) in [7, 11) is 0. The van der Waals surface area contributed by atoms with Crippen LogP contribution < -0.4 is 14.8 Å². The predicted octanol–water partition coefficient (Wildman–Crippen LogP) is 7.75. The molecule has 4 aromatic rings. The zero-order valence-corrected chi connectivity index (χ0v) is 22.9. The Bertz CT molecular complexity index is 1120. The molecule has 0 radical (unpaired) electrons. The fourth-order valence-electron chi connectivity index (χ4n) is 4.36. The average Bonchev–Trinajstić information content (AvgIpc) is 2.99. The molecule has 0 fully saturated rings. The highest BCUT2D eigenvalue weighted by Crippen LogP contribution is 2.25. The number of benzene rings is 4. The molecule has 0 atom stereocenters. The molecule has 4 rings (SSSR count). The van der Waals surface area contributed by atoms with Crippen LogP contribution in [0.4, 0.5) is 0 Å². The van der Waals surface area contributed by atoms with Crippen LogP contribution in [0.25, 0.3) is 0 Å². The van der Waals surface area contributed by atoms with E-state index in [1.165, 1.54) is 24.0 Å². The van der Waals surface area contributed by atoms with E-state index in [1.54, 1.807) is 0 Å². The smallest absolute Gasteiger partial charge is 0.123 e. The molecule has 0 unspecified atom stereocenters. The summed E-state index contributed by atoms with van der Waals surface area (Å²) >= 11 is 0. The van der Waals surface area contributed by atoms with E-state index in [0.29, 0.717) is 13.2 Å². The van der Waals surface area contributed by atoms with Crippen molar-refractivity contribution in [2.45, 2.75) is 51.9 Å². The van der Waals surface area contributed by atoms with E-state index in [-0.39, 0.29) is 0 Å². The number of ether oxygens (including phenoxy) is 3. The Morgan fingerprint density at radius 3 is 1.62 bits per heavy atom. The van der Waals surface area contributed by atoms with Crippen LogP contribution in [0.15, 0.2) is 109 Å². The third kappa shape index (κ3) is 11.4. The quantitative estimate of drug-likeness (QED) is 0.135. The van der Waals surface area contributed by atoms with Crippen molar-refractivity contribution in [3.63, 3.8) is 0 Å². The molecule has 0 aromatic heterocycles. The van der Waals surface area contributed by atoms with Gasteiger partial charge in [-0.3, -0.25) is 0 Å². The second kappa shape index (κ2) is 17.1. The maximum atomic E-state index is 6.13. The van der Waals surface area contributed by atoms with E-state index in [9.17, 15) is 0 Å². The minimum atomic E-state index is 0.535. The highest BCUT2D eigenvalue weighted by atomic mass is 16.5. The van der Waals surface area contributed by atoms with Crippen molar-refractivity contribution in [2.24, 2.45) is 0 Å². The molecule has 4 aromatic carbocycles. The molecule has 1 N–H and O–H groups in total. The van der Waals surface area contributed by atoms with Crippen LogP contribution in [0, 0.1) is 0 Å². The van der Waals surface area contributed by atoms with E-state index in [2.05, 4.69) is 72.0 Å². The zero-order valence-electron chi connectivity index (χ0n) is 22.9. The lowest BCUT2D eigenvalue weighted by Gasteiger charge is -2.13. The van der Waals surface area contributed by atoms with E-state index in [0.717, 1.165) is 68.2 Å². The van der Waals surface area contributed by atoms with Gasteiger partial charge in [-0.15, -0.1) is 0 Å². The second-order valence-electron chi connectivity index (χ2n) is 9.80. The lowest BCUT2D eigenvalue weighted by Crippen LogP contribution is -2.14. The number of hydrogen-bond acceptors (Lipinski definition) is 4. The van der Waals surface area contributed by atoms with Gasteiger partial charge in [0.2, 0.25) is 0 Å². The van der Waals surface area contributed by atoms with Crippen molar-refractivity contribution in [3.8, 4) is 11.5 Å². The Balaban J connectivity index is 1.15. The lowest BCUT2D eigenvalue weighted by molar-refractivity contribution is 0.128. The molecule has 0 aliphatic heterocycles. The highest BCUT2D eigenvalue weighted by Gasteiger charge is 2.06. The third-order valence-corrected chi connectivity index (χ3v) is 6.50. The summed E-state index contributed by atoms with van der Waals surface area (Å²) in [5, 5.41) is 3.52. The van der Waals surface area contributed by atoms with Crippen LogP contribution in [-0.2, 0) is 30.9 Å². The molecular weight excluding hydrogens is 482 g/mol. The van der Waals surface area contributed by atoms with Gasteiger partial charge in [-0.1, -0.05) is 91.0 Å². The number of nitrogens with one attached hydrogen (secondary N) is 1. The molecule has 0 aliphatic rings. The fraction of sp³-hybridized carbons (Fsp3) is 0.314. The van der Waals surface area contributed by atoms with Crippen LogP contribution in [0.5, 0.6) is 11.5 Å². The van der Waals surface area contributed by atoms with Crippen LogP contribution >= 0.6 is 0 Å². The van der Waals surface area contributed by atoms with Crippen LogP contribution in [0.2, 0.25) is 0 Å². The largest absolute Gasteiger partial charge is 0.489 e. The summed E-state index contributed by atoms with van der Waals surface area (Å²) in [4.78, 5) is 0. The normalized spacial score (nSPS) is 10.9. The monoisotopic (exact) mass is 523 g/mol. The molecule has 0 spiro atoms. The van der Waals surface area contributed by atoms with Gasteiger partial charge in [-0.05, 0) is 73.0 Å². The van der Waals surface area contributed by atoms with Crippen LogP contribution in [-0.4, -0.2) is 19.8 Å². The average molecular weight is 524 g/mol. The molecule has 0 saturated heterocycles. The third-order valence-electron chi connectivity index (χ3n) is 6.50. The lowest BCUT2D eigenvalue weighted by atomic mass is 10.1. The van der Waals surface area contributed by atoms with E-state index >= 15 is 0 Å². The summed E-state index contributed by atoms with van der Waals surface area (Å²) in [6, 6.07) is 37.3. The fourth-order valence-corrected chi connectivity index (χ4v) is 4.36. The zero-order chi connectivity index (χ0) is 26.8. The van der Waals surface area contributed by atoms with Gasteiger partial charge in [0.1, 0.15) is 24.7 Å². The number of rotatable bonds is 18. The SMILES string of the molecule is c1ccc(CNCCCCCOCCCc2cc(OCc3ccccc3)cc(OCc3ccccc3)c2)cc1. The maximum absolute atomic E-state index is 6.13. The first-order chi connectivity index (χ1) is 19.3. The van der Waals surface area contributed by atoms with Crippen molar-refractivity contribution >= 4 is 0 Å². The molecule has 0 aliphatic carbocycles. The minimum Gasteiger partial charge on any atom is -0.489 e. The van der Waals surface area contributed by atoms with Crippen molar-refractivity contribution in [2.75, 3.05) is 19.8 Å². The van der Waals surface area contributed by atoms with Crippen molar-refractivity contribution in [1.82, 2.24) is 5.32 Å². The van der Waals surface area contributed by atoms with E-state index in [1.807, 2.05) is 42.5 Å². The molecule has 4 heteroatoms. The Morgan fingerprint density at radius 1 is 0.487 bits per heavy atom. The van der Waals surface area contributed by atoms with Gasteiger partial charge in [0, 0.05) is 25.8 Å². The van der Waals surface area contributed by atoms with Crippen molar-refractivity contribution in [3.05, 3.63) is 131 Å². The minimum absolute atomic E-state index is 0.535. The van der Waals surface area contributed by atoms with Crippen molar-refractivity contribution in [1.29, 1.82) is 0 Å². The van der Waals surface area contributed by atoms with Gasteiger partial charge in [0.15, 0.2) is 0 Å². The van der Waals surface area contributed by atoms with Gasteiger partial charge in [-0.2, -0.15) is 0 Å². The highest BCUT2D eigenvalue weighted by molar-refractivity contribution is 5.39. The number of aryl methyl sites for hydroxylation is 1. The number of hydrogen-bond donors (Lipinski definition) is 1. The second-order valence-corrected chi connectivity index (χ2v) is 9.80. The Labute approximate surface area is 234 Å². The molecular formula is C35H41NO3. The van der Waals surface area contributed by atoms with Crippen LogP contribution in [0.1, 0.15) is 47.9 Å². The standard InChI is InChI=1S/C35H41NO3/c1-5-14-30(15-6-1)27-36-21-11-4-12-22-37-23-13-20-33-24-34(38-28-31-16-7-2-8-17-31)26-35(25-33)39-29-32-18-9-3-10-19-32/h1-3,5-10,14-19,24-26,36H,4,11-13,20-23,27-29H2. The molecule has 4 nitrogen and oxygen atoms in total. The summed E-state index contributed by atoms with van der Waals surface area (Å²) in [5.74, 6) is 1.67. The molecule has 0 heterocycles. The first kappa shape index (κ1) is 28.4. The van der Waals surface area contributed by atoms with E-state index < -0.39 is 0 Å². The van der Waals surface area contributed by atoms with Gasteiger partial charge in [-0.25, -0.2) is 0 Å². The number of unbranched alkanes of at least 4 members (excludes halogenated alkanes) is 2. The Kier molecular flexibility index (Phi) is 12.4. The summed E-state index contributed by atoms with van der Waals surface area (Å²) in [6.45, 7) is 4.65. The first-order valence-electron chi connectivity index (χ1n) is 14.1. The maximum Gasteiger partial charge on any atom is 0.123 e. The molecule has 39 heavy (non-hydrogen) atoms. The van der Waals surface area contributed by atoms with Crippen molar-refractivity contribution < 1.29 is 14.2 Å². The predicted molar refractivity (Wildman–Crippen MR) is 159 cm³/mol. The first-order valence-corrected chi connectivity index (χ1v) is 14.1. The summed E-state index contributed by atoms with van der Waals surface area (Å²) < 4.78 is 18.2. The summed E-state index contributed by atoms with van der Waals surface area (Å²) in [6.07, 6.45) is 5.36. The molecule has 0 bridgehead atoms. The van der Waals surface area contributed by atoms with Gasteiger partial charge < -0.3 is 19.5 Å². The Hall–Kier alpha value is -3.60. The summed E-state index contributed by atoms with van der Waals surface area (Å²) in [5.41, 5.74) is 4.84. The molecule has 204 valence electrons. The van der Waals surface area contributed by atoms with E-state index in [4.69, 9.17) is 14.2 Å².